The summed E-state index contributed by atoms with van der Waals surface area (Å²) in [6, 6.07) is 13.0. The van der Waals surface area contributed by atoms with Crippen molar-refractivity contribution in [2.24, 2.45) is 13.0 Å². The van der Waals surface area contributed by atoms with Gasteiger partial charge in [0.1, 0.15) is 11.4 Å². The number of rotatable bonds is 5. The SMILES string of the molecule is COc1cc2nc3c(cc2c(OC)c1OC)CN(C(=O)c1cc2ccccc2o1)CCN(C(=O)c1cnn(C)c1)CCC(=O)NCC1CCCN3C1. The molecule has 5 aromatic rings. The molecule has 14 heteroatoms. The molecule has 1 fully saturated rings. The molecule has 272 valence electrons. The number of aromatic nitrogens is 3. The van der Waals surface area contributed by atoms with Gasteiger partial charge in [0.05, 0.1) is 38.6 Å². The van der Waals surface area contributed by atoms with Crippen molar-refractivity contribution in [1.29, 1.82) is 0 Å². The molecule has 52 heavy (non-hydrogen) atoms. The summed E-state index contributed by atoms with van der Waals surface area (Å²) in [5.41, 5.74) is 2.43. The molecule has 1 N–H and O–H groups in total. The van der Waals surface area contributed by atoms with E-state index < -0.39 is 0 Å². The normalized spacial score (nSPS) is 17.3. The highest BCUT2D eigenvalue weighted by Gasteiger charge is 2.30. The first kappa shape index (κ1) is 34.6. The summed E-state index contributed by atoms with van der Waals surface area (Å²) in [7, 11) is 6.44. The molecule has 0 aliphatic carbocycles. The molecule has 1 unspecified atom stereocenters. The van der Waals surface area contributed by atoms with Gasteiger partial charge in [0, 0.05) is 87.9 Å². The van der Waals surface area contributed by atoms with E-state index in [0.29, 0.717) is 52.4 Å². The second-order valence-electron chi connectivity index (χ2n) is 13.3. The van der Waals surface area contributed by atoms with Crippen LogP contribution in [0.25, 0.3) is 21.9 Å². The van der Waals surface area contributed by atoms with Gasteiger partial charge in [-0.2, -0.15) is 5.10 Å². The quantitative estimate of drug-likeness (QED) is 0.281. The standard InChI is InChI=1S/C38H43N7O7/c1-42-22-27(20-40-42)37(47)43-13-11-33(46)39-19-24-8-7-12-44(21-24)36-26(16-28-29(41-36)18-31(49-2)35(51-4)34(28)50-3)23-45(15-14-43)38(48)32-17-25-9-5-6-10-30(25)52-32/h5-6,9-10,16-18,20,22,24H,7-8,11-15,19,21,23H2,1-4H3,(H,39,46). The molecule has 3 amide bonds. The Hall–Kier alpha value is -5.79. The molecule has 0 radical (unpaired) electrons. The summed E-state index contributed by atoms with van der Waals surface area (Å²) in [5, 5.41) is 8.79. The maximum absolute atomic E-state index is 14.5. The number of hydrogen-bond donors (Lipinski definition) is 1. The van der Waals surface area contributed by atoms with Crippen molar-refractivity contribution in [1.82, 2.24) is 29.9 Å². The number of amides is 3. The number of carbonyl (C=O) groups is 3. The molecule has 3 aromatic heterocycles. The number of para-hydroxylation sites is 1. The molecule has 2 aliphatic heterocycles. The van der Waals surface area contributed by atoms with Crippen LogP contribution in [0.5, 0.6) is 17.2 Å². The largest absolute Gasteiger partial charge is 0.493 e. The highest BCUT2D eigenvalue weighted by atomic mass is 16.5. The van der Waals surface area contributed by atoms with Crippen molar-refractivity contribution in [3.05, 3.63) is 71.7 Å². The Balaban J connectivity index is 1.36. The van der Waals surface area contributed by atoms with Crippen LogP contribution in [0, 0.1) is 5.92 Å². The van der Waals surface area contributed by atoms with E-state index >= 15 is 0 Å². The predicted octanol–water partition coefficient (Wildman–Crippen LogP) is 4.26. The third-order valence-electron chi connectivity index (χ3n) is 9.86. The summed E-state index contributed by atoms with van der Waals surface area (Å²) in [5.74, 6) is 1.71. The van der Waals surface area contributed by atoms with Gasteiger partial charge in [0.2, 0.25) is 11.7 Å². The van der Waals surface area contributed by atoms with Crippen LogP contribution in [-0.2, 0) is 18.4 Å². The number of carbonyl (C=O) groups excluding carboxylic acids is 3. The van der Waals surface area contributed by atoms with Gasteiger partial charge in [-0.05, 0) is 37.0 Å². The van der Waals surface area contributed by atoms with Crippen LogP contribution in [0.4, 0.5) is 5.82 Å². The van der Waals surface area contributed by atoms with Gasteiger partial charge >= 0.3 is 0 Å². The number of anilines is 1. The highest BCUT2D eigenvalue weighted by Crippen LogP contribution is 2.44. The maximum Gasteiger partial charge on any atom is 0.289 e. The molecule has 14 nitrogen and oxygen atoms in total. The smallest absolute Gasteiger partial charge is 0.289 e. The van der Waals surface area contributed by atoms with Crippen LogP contribution >= 0.6 is 0 Å². The first-order valence-electron chi connectivity index (χ1n) is 17.5. The van der Waals surface area contributed by atoms with E-state index in [1.807, 2.05) is 36.4 Å². The van der Waals surface area contributed by atoms with E-state index in [2.05, 4.69) is 15.3 Å². The van der Waals surface area contributed by atoms with Gasteiger partial charge in [-0.3, -0.25) is 19.1 Å². The Morgan fingerprint density at radius 3 is 2.50 bits per heavy atom. The molecular formula is C38H43N7O7. The van der Waals surface area contributed by atoms with Gasteiger partial charge in [0.25, 0.3) is 11.8 Å². The number of pyridine rings is 1. The van der Waals surface area contributed by atoms with Crippen LogP contribution in [0.3, 0.4) is 0 Å². The summed E-state index contributed by atoms with van der Waals surface area (Å²) >= 11 is 0. The lowest BCUT2D eigenvalue weighted by atomic mass is 9.97. The zero-order valence-electron chi connectivity index (χ0n) is 29.9. The summed E-state index contributed by atoms with van der Waals surface area (Å²) in [4.78, 5) is 52.2. The maximum atomic E-state index is 14.5. The Labute approximate surface area is 301 Å². The molecule has 2 aromatic carbocycles. The Morgan fingerprint density at radius 2 is 1.75 bits per heavy atom. The minimum Gasteiger partial charge on any atom is -0.493 e. The second kappa shape index (κ2) is 14.8. The summed E-state index contributed by atoms with van der Waals surface area (Å²) in [6.07, 6.45) is 5.13. The van der Waals surface area contributed by atoms with Gasteiger partial charge < -0.3 is 38.6 Å². The van der Waals surface area contributed by atoms with Gasteiger partial charge in [-0.1, -0.05) is 18.2 Å². The molecule has 7 rings (SSSR count). The van der Waals surface area contributed by atoms with Crippen molar-refractivity contribution in [3.63, 3.8) is 0 Å². The molecule has 0 spiro atoms. The van der Waals surface area contributed by atoms with Gasteiger partial charge in [-0.25, -0.2) is 4.98 Å². The number of ether oxygens (including phenoxy) is 3. The topological polar surface area (TPSA) is 144 Å². The fourth-order valence-electron chi connectivity index (χ4n) is 7.19. The van der Waals surface area contributed by atoms with Crippen molar-refractivity contribution >= 4 is 45.4 Å². The number of methoxy groups -OCH3 is 3. The molecule has 1 saturated heterocycles. The lowest BCUT2D eigenvalue weighted by Gasteiger charge is -2.35. The van der Waals surface area contributed by atoms with Crippen molar-refractivity contribution in [2.75, 3.05) is 65.5 Å². The molecular weight excluding hydrogens is 666 g/mol. The molecule has 0 saturated carbocycles. The first-order chi connectivity index (χ1) is 25.3. The highest BCUT2D eigenvalue weighted by molar-refractivity contribution is 5.97. The lowest BCUT2D eigenvalue weighted by molar-refractivity contribution is -0.121. The number of piperidine rings is 1. The molecule has 5 heterocycles. The average molecular weight is 710 g/mol. The lowest BCUT2D eigenvalue weighted by Crippen LogP contribution is -2.42. The Kier molecular flexibility index (Phi) is 9.88. The summed E-state index contributed by atoms with van der Waals surface area (Å²) in [6.45, 7) is 2.55. The number of furan rings is 1. The van der Waals surface area contributed by atoms with Crippen LogP contribution in [0.2, 0.25) is 0 Å². The van der Waals surface area contributed by atoms with E-state index in [1.54, 1.807) is 55.1 Å². The van der Waals surface area contributed by atoms with Crippen molar-refractivity contribution in [3.8, 4) is 17.2 Å². The second-order valence-corrected chi connectivity index (χ2v) is 13.3. The number of fused-ring (bicyclic) bond motifs is 6. The van der Waals surface area contributed by atoms with Gasteiger partial charge in [0.15, 0.2) is 17.3 Å². The molecule has 2 bridgehead atoms. The minimum absolute atomic E-state index is 0.122. The van der Waals surface area contributed by atoms with E-state index in [1.165, 1.54) is 6.20 Å². The Morgan fingerprint density at radius 1 is 0.942 bits per heavy atom. The average Bonchev–Trinajstić information content (AvgIpc) is 3.81. The third kappa shape index (κ3) is 6.92. The number of nitrogens with zero attached hydrogens (tertiary/aromatic N) is 6. The third-order valence-corrected chi connectivity index (χ3v) is 9.86. The van der Waals surface area contributed by atoms with Gasteiger partial charge in [-0.15, -0.1) is 0 Å². The fraction of sp³-hybridized carbons (Fsp3) is 0.395. The van der Waals surface area contributed by atoms with Crippen LogP contribution < -0.4 is 24.4 Å². The monoisotopic (exact) mass is 709 g/mol. The summed E-state index contributed by atoms with van der Waals surface area (Å²) < 4.78 is 24.9. The van der Waals surface area contributed by atoms with Crippen molar-refractivity contribution in [2.45, 2.75) is 25.8 Å². The van der Waals surface area contributed by atoms with Crippen molar-refractivity contribution < 1.29 is 33.0 Å². The predicted molar refractivity (Wildman–Crippen MR) is 194 cm³/mol. The van der Waals surface area contributed by atoms with Crippen LogP contribution in [-0.4, -0.2) is 103 Å². The Bertz CT molecular complexity index is 2090. The van der Waals surface area contributed by atoms with E-state index in [9.17, 15) is 14.4 Å². The number of aryl methyl sites for hydroxylation is 1. The minimum atomic E-state index is -0.339. The van der Waals surface area contributed by atoms with E-state index in [4.69, 9.17) is 23.6 Å². The van der Waals surface area contributed by atoms with Crippen LogP contribution in [0.1, 0.15) is 45.7 Å². The number of benzene rings is 2. The van der Waals surface area contributed by atoms with E-state index in [-0.39, 0.29) is 62.0 Å². The molecule has 2 aliphatic rings. The van der Waals surface area contributed by atoms with E-state index in [0.717, 1.165) is 36.2 Å². The van der Waals surface area contributed by atoms with Crippen LogP contribution in [0.15, 0.2) is 59.3 Å². The fourth-order valence-corrected chi connectivity index (χ4v) is 7.19. The first-order valence-corrected chi connectivity index (χ1v) is 17.5. The zero-order valence-corrected chi connectivity index (χ0v) is 29.9. The number of nitrogens with one attached hydrogen (secondary N) is 1. The molecule has 1 atom stereocenters. The number of hydrogen-bond acceptors (Lipinski definition) is 10. The zero-order chi connectivity index (χ0) is 36.4.